The monoisotopic (exact) mass is 422 g/mol. The van der Waals surface area contributed by atoms with Gasteiger partial charge in [-0.25, -0.2) is 4.90 Å². The van der Waals surface area contributed by atoms with Crippen LogP contribution in [-0.4, -0.2) is 42.9 Å². The van der Waals surface area contributed by atoms with Crippen molar-refractivity contribution in [2.75, 3.05) is 23.3 Å². The van der Waals surface area contributed by atoms with Crippen molar-refractivity contribution in [3.8, 4) is 0 Å². The van der Waals surface area contributed by atoms with E-state index in [-0.39, 0.29) is 30.2 Å². The molecule has 2 aliphatic heterocycles. The molecule has 0 bridgehead atoms. The van der Waals surface area contributed by atoms with Crippen molar-refractivity contribution in [1.82, 2.24) is 0 Å². The molecule has 4 rings (SSSR count). The molecule has 2 heterocycles. The summed E-state index contributed by atoms with van der Waals surface area (Å²) in [5.74, 6) is -0.464. The van der Waals surface area contributed by atoms with Gasteiger partial charge in [0, 0.05) is 31.0 Å². The van der Waals surface area contributed by atoms with Crippen LogP contribution in [0.1, 0.15) is 31.7 Å². The minimum atomic E-state index is -0.344. The molecule has 0 spiro atoms. The minimum absolute atomic E-state index is 0.142. The van der Waals surface area contributed by atoms with Gasteiger partial charge < -0.3 is 15.5 Å². The Morgan fingerprint density at radius 3 is 2.39 bits per heavy atom. The number of likely N-dealkylation sites (tertiary alicyclic amines) is 1. The Morgan fingerprint density at radius 2 is 1.74 bits per heavy atom. The van der Waals surface area contributed by atoms with Crippen LogP contribution in [0, 0.1) is 0 Å². The lowest BCUT2D eigenvalue weighted by Gasteiger charge is -2.29. The minimum Gasteiger partial charge on any atom is -0.333 e. The number of anilines is 2. The zero-order chi connectivity index (χ0) is 21.8. The van der Waals surface area contributed by atoms with Crippen molar-refractivity contribution in [1.29, 1.82) is 0 Å². The average molecular weight is 423 g/mol. The number of nitrogens with zero attached hydrogens (tertiary/aromatic N) is 1. The first-order valence-electron chi connectivity index (χ1n) is 11.0. The van der Waals surface area contributed by atoms with Crippen molar-refractivity contribution in [3.63, 3.8) is 0 Å². The molecule has 0 saturated carbocycles. The number of piperidine rings is 1. The molecule has 162 valence electrons. The van der Waals surface area contributed by atoms with Crippen LogP contribution in [0.5, 0.6) is 0 Å². The maximum atomic E-state index is 13.0. The fourth-order valence-electron chi connectivity index (χ4n) is 4.60. The summed E-state index contributed by atoms with van der Waals surface area (Å²) in [5.41, 5.74) is 2.56. The fourth-order valence-corrected chi connectivity index (χ4v) is 4.60. The average Bonchev–Trinajstić information content (AvgIpc) is 3.03. The van der Waals surface area contributed by atoms with Gasteiger partial charge in [-0.3, -0.25) is 14.4 Å². The van der Waals surface area contributed by atoms with Crippen molar-refractivity contribution < 1.29 is 24.6 Å². The molecule has 7 nitrogen and oxygen atoms in total. The lowest BCUT2D eigenvalue weighted by atomic mass is 10.0. The number of imide groups is 1. The predicted molar refractivity (Wildman–Crippen MR) is 117 cm³/mol. The summed E-state index contributed by atoms with van der Waals surface area (Å²) in [7, 11) is 0. The number of quaternary nitrogens is 2. The lowest BCUT2D eigenvalue weighted by molar-refractivity contribution is -0.926. The smallest absolute Gasteiger partial charge is 0.292 e. The molecular weight excluding hydrogens is 392 g/mol. The molecule has 0 aromatic heterocycles. The number of rotatable bonds is 6. The normalized spacial score (nSPS) is 23.8. The van der Waals surface area contributed by atoms with Gasteiger partial charge in [-0.15, -0.1) is 0 Å². The highest BCUT2D eigenvalue weighted by Crippen LogP contribution is 2.23. The van der Waals surface area contributed by atoms with Crippen LogP contribution in [-0.2, 0) is 20.9 Å². The Hall–Kier alpha value is -3.03. The van der Waals surface area contributed by atoms with Gasteiger partial charge in [0.15, 0.2) is 6.04 Å². The van der Waals surface area contributed by atoms with Crippen molar-refractivity contribution >= 4 is 29.1 Å². The molecule has 2 aromatic rings. The maximum absolute atomic E-state index is 13.0. The van der Waals surface area contributed by atoms with Crippen LogP contribution in [0.3, 0.4) is 0 Å². The zero-order valence-corrected chi connectivity index (χ0v) is 17.8. The topological polar surface area (TPSA) is 87.5 Å². The van der Waals surface area contributed by atoms with Gasteiger partial charge in [0.2, 0.25) is 11.8 Å². The second kappa shape index (κ2) is 9.41. The largest absolute Gasteiger partial charge is 0.333 e. The van der Waals surface area contributed by atoms with Crippen molar-refractivity contribution in [2.45, 2.75) is 44.8 Å². The number of carbonyl (C=O) groups excluding carboxylic acids is 3. The molecule has 0 aliphatic carbocycles. The SMILES string of the molecule is CC(=O)Nc1ccc(N2C(=O)C[C@@H]([NH2+]C3CC[NH+](Cc4ccccc4)CC3)C2=O)cc1. The first-order valence-corrected chi connectivity index (χ1v) is 11.0. The third-order valence-corrected chi connectivity index (χ3v) is 6.17. The van der Waals surface area contributed by atoms with Crippen molar-refractivity contribution in [3.05, 3.63) is 60.2 Å². The third-order valence-electron chi connectivity index (χ3n) is 6.17. The van der Waals surface area contributed by atoms with Gasteiger partial charge in [-0.05, 0) is 24.3 Å². The molecule has 7 heteroatoms. The van der Waals surface area contributed by atoms with E-state index in [1.165, 1.54) is 17.4 Å². The van der Waals surface area contributed by atoms with E-state index in [0.29, 0.717) is 17.4 Å². The Bertz CT molecular complexity index is 937. The summed E-state index contributed by atoms with van der Waals surface area (Å²) < 4.78 is 0. The molecule has 2 aromatic carbocycles. The third kappa shape index (κ3) is 5.18. The molecule has 0 radical (unpaired) electrons. The lowest BCUT2D eigenvalue weighted by Crippen LogP contribution is -3.14. The highest BCUT2D eigenvalue weighted by atomic mass is 16.2. The van der Waals surface area contributed by atoms with E-state index in [1.807, 2.05) is 6.07 Å². The van der Waals surface area contributed by atoms with E-state index in [1.54, 1.807) is 29.2 Å². The second-order valence-corrected chi connectivity index (χ2v) is 8.55. The van der Waals surface area contributed by atoms with E-state index < -0.39 is 0 Å². The molecule has 31 heavy (non-hydrogen) atoms. The Kier molecular flexibility index (Phi) is 6.44. The number of hydrogen-bond acceptors (Lipinski definition) is 3. The quantitative estimate of drug-likeness (QED) is 0.577. The highest BCUT2D eigenvalue weighted by molar-refractivity contribution is 6.21. The van der Waals surface area contributed by atoms with E-state index in [0.717, 1.165) is 32.5 Å². The zero-order valence-electron chi connectivity index (χ0n) is 17.8. The molecule has 1 atom stereocenters. The van der Waals surface area contributed by atoms with Crippen LogP contribution >= 0.6 is 0 Å². The summed E-state index contributed by atoms with van der Waals surface area (Å²) in [6.07, 6.45) is 2.33. The number of nitrogens with one attached hydrogen (secondary N) is 2. The van der Waals surface area contributed by atoms with Gasteiger partial charge in [-0.1, -0.05) is 30.3 Å². The number of benzene rings is 2. The first kappa shape index (κ1) is 21.2. The predicted octanol–water partition coefficient (Wildman–Crippen LogP) is 0.0878. The Morgan fingerprint density at radius 1 is 1.06 bits per heavy atom. The van der Waals surface area contributed by atoms with Crippen LogP contribution < -0.4 is 20.4 Å². The molecular formula is C24H30N4O3+2. The standard InChI is InChI=1S/C24H28N4O3/c1-17(29)25-19-7-9-21(10-8-19)28-23(30)15-22(24(28)31)26-20-11-13-27(14-12-20)16-18-5-3-2-4-6-18/h2-10,20,22,26H,11-16H2,1H3,(H,25,29)/p+2/t22-/m1/s1. The summed E-state index contributed by atoms with van der Waals surface area (Å²) in [6.45, 7) is 4.64. The van der Waals surface area contributed by atoms with E-state index in [2.05, 4.69) is 34.9 Å². The van der Waals surface area contributed by atoms with E-state index >= 15 is 0 Å². The molecule has 0 unspecified atom stereocenters. The number of nitrogens with two attached hydrogens (primary N) is 1. The van der Waals surface area contributed by atoms with Crippen LogP contribution in [0.2, 0.25) is 0 Å². The number of amides is 3. The maximum Gasteiger partial charge on any atom is 0.292 e. The Balaban J connectivity index is 1.31. The molecule has 4 N–H and O–H groups in total. The van der Waals surface area contributed by atoms with Gasteiger partial charge >= 0.3 is 0 Å². The van der Waals surface area contributed by atoms with E-state index in [4.69, 9.17) is 0 Å². The summed E-state index contributed by atoms with van der Waals surface area (Å²) in [6, 6.07) is 17.4. The van der Waals surface area contributed by atoms with Gasteiger partial charge in [-0.2, -0.15) is 0 Å². The van der Waals surface area contributed by atoms with Crippen LogP contribution in [0.4, 0.5) is 11.4 Å². The van der Waals surface area contributed by atoms with Gasteiger partial charge in [0.1, 0.15) is 6.54 Å². The summed E-state index contributed by atoms with van der Waals surface area (Å²) in [4.78, 5) is 39.6. The highest BCUT2D eigenvalue weighted by Gasteiger charge is 2.44. The molecule has 2 fully saturated rings. The molecule has 3 amide bonds. The van der Waals surface area contributed by atoms with Crippen LogP contribution in [0.25, 0.3) is 0 Å². The van der Waals surface area contributed by atoms with Gasteiger partial charge in [0.25, 0.3) is 5.91 Å². The summed E-state index contributed by atoms with van der Waals surface area (Å²) in [5, 5.41) is 4.81. The number of hydrogen-bond donors (Lipinski definition) is 3. The second-order valence-electron chi connectivity index (χ2n) is 8.55. The van der Waals surface area contributed by atoms with Crippen LogP contribution in [0.15, 0.2) is 54.6 Å². The van der Waals surface area contributed by atoms with E-state index in [9.17, 15) is 14.4 Å². The number of carbonyl (C=O) groups is 3. The molecule has 2 saturated heterocycles. The van der Waals surface area contributed by atoms with Crippen molar-refractivity contribution in [2.24, 2.45) is 0 Å². The Labute approximate surface area is 182 Å². The molecule has 2 aliphatic rings. The summed E-state index contributed by atoms with van der Waals surface area (Å²) >= 11 is 0. The fraction of sp³-hybridized carbons (Fsp3) is 0.375. The first-order chi connectivity index (χ1) is 15.0. The van der Waals surface area contributed by atoms with Gasteiger partial charge in [0.05, 0.1) is 31.2 Å².